The Balaban J connectivity index is 1.64. The molecule has 1 aliphatic carbocycles. The van der Waals surface area contributed by atoms with Gasteiger partial charge in [0.15, 0.2) is 0 Å². The molecule has 0 aromatic carbocycles. The Hall–Kier alpha value is -1.91. The third kappa shape index (κ3) is 3.94. The zero-order chi connectivity index (χ0) is 16.9. The van der Waals surface area contributed by atoms with E-state index < -0.39 is 0 Å². The van der Waals surface area contributed by atoms with Gasteiger partial charge in [0.25, 0.3) is 5.91 Å². The summed E-state index contributed by atoms with van der Waals surface area (Å²) in [5.74, 6) is 0.495. The number of rotatable bonds is 6. The molecule has 0 spiro atoms. The van der Waals surface area contributed by atoms with Crippen molar-refractivity contribution in [2.75, 3.05) is 19.6 Å². The van der Waals surface area contributed by atoms with Crippen molar-refractivity contribution in [3.8, 4) is 0 Å². The quantitative estimate of drug-likeness (QED) is 0.816. The van der Waals surface area contributed by atoms with E-state index in [9.17, 15) is 9.59 Å². The highest BCUT2D eigenvalue weighted by atomic mass is 16.2. The van der Waals surface area contributed by atoms with E-state index in [2.05, 4.69) is 17.2 Å². The number of nitrogens with one attached hydrogen (secondary N) is 1. The van der Waals surface area contributed by atoms with Crippen molar-refractivity contribution in [3.05, 3.63) is 29.6 Å². The van der Waals surface area contributed by atoms with Crippen LogP contribution in [0, 0.1) is 5.92 Å². The van der Waals surface area contributed by atoms with Crippen LogP contribution < -0.4 is 5.32 Å². The van der Waals surface area contributed by atoms with Crippen LogP contribution in [0.3, 0.4) is 0 Å². The van der Waals surface area contributed by atoms with Crippen LogP contribution in [-0.4, -0.2) is 41.3 Å². The summed E-state index contributed by atoms with van der Waals surface area (Å²) in [4.78, 5) is 31.5. The lowest BCUT2D eigenvalue weighted by Gasteiger charge is -2.32. The molecule has 1 unspecified atom stereocenters. The SMILES string of the molecule is CCCCNC(=O)C1CCCN(C(=O)c2cccnc2C2CC2)C1. The lowest BCUT2D eigenvalue weighted by atomic mass is 9.96. The lowest BCUT2D eigenvalue weighted by molar-refractivity contribution is -0.126. The fourth-order valence-corrected chi connectivity index (χ4v) is 3.36. The van der Waals surface area contributed by atoms with Gasteiger partial charge in [0.05, 0.1) is 17.2 Å². The Morgan fingerprint density at radius 1 is 1.33 bits per heavy atom. The van der Waals surface area contributed by atoms with Crippen LogP contribution in [0.5, 0.6) is 0 Å². The van der Waals surface area contributed by atoms with Crippen molar-refractivity contribution in [1.82, 2.24) is 15.2 Å². The molecule has 1 aromatic heterocycles. The average molecular weight is 329 g/mol. The molecule has 0 radical (unpaired) electrons. The van der Waals surface area contributed by atoms with Crippen molar-refractivity contribution in [2.24, 2.45) is 5.92 Å². The molecule has 1 aliphatic heterocycles. The number of likely N-dealkylation sites (tertiary alicyclic amines) is 1. The molecule has 5 nitrogen and oxygen atoms in total. The third-order valence-corrected chi connectivity index (χ3v) is 4.94. The van der Waals surface area contributed by atoms with Crippen molar-refractivity contribution in [1.29, 1.82) is 0 Å². The first-order chi connectivity index (χ1) is 11.7. The smallest absolute Gasteiger partial charge is 0.255 e. The second-order valence-corrected chi connectivity index (χ2v) is 6.95. The summed E-state index contributed by atoms with van der Waals surface area (Å²) in [6.07, 6.45) is 7.84. The highest BCUT2D eigenvalue weighted by molar-refractivity contribution is 5.96. The number of unbranched alkanes of at least 4 members (excludes halogenated alkanes) is 1. The Bertz CT molecular complexity index is 598. The highest BCUT2D eigenvalue weighted by Gasteiger charge is 2.33. The minimum absolute atomic E-state index is 0.0380. The number of amides is 2. The van der Waals surface area contributed by atoms with Crippen LogP contribution in [0.2, 0.25) is 0 Å². The molecular weight excluding hydrogens is 302 g/mol. The molecule has 130 valence electrons. The number of nitrogens with zero attached hydrogens (tertiary/aromatic N) is 2. The number of pyridine rings is 1. The van der Waals surface area contributed by atoms with Gasteiger partial charge in [-0.3, -0.25) is 14.6 Å². The summed E-state index contributed by atoms with van der Waals surface area (Å²) in [6.45, 7) is 4.10. The number of carbonyl (C=O) groups is 2. The summed E-state index contributed by atoms with van der Waals surface area (Å²) in [6, 6.07) is 3.71. The van der Waals surface area contributed by atoms with Crippen LogP contribution in [0.25, 0.3) is 0 Å². The second kappa shape index (κ2) is 7.77. The summed E-state index contributed by atoms with van der Waals surface area (Å²) in [5, 5.41) is 3.00. The molecule has 1 aromatic rings. The van der Waals surface area contributed by atoms with Crippen molar-refractivity contribution in [2.45, 2.75) is 51.4 Å². The number of hydrogen-bond donors (Lipinski definition) is 1. The summed E-state index contributed by atoms with van der Waals surface area (Å²) in [5.41, 5.74) is 1.67. The minimum atomic E-state index is -0.0828. The molecule has 3 rings (SSSR count). The molecule has 1 N–H and O–H groups in total. The van der Waals surface area contributed by atoms with E-state index in [-0.39, 0.29) is 17.7 Å². The first-order valence-electron chi connectivity index (χ1n) is 9.22. The zero-order valence-electron chi connectivity index (χ0n) is 14.5. The largest absolute Gasteiger partial charge is 0.356 e. The number of aromatic nitrogens is 1. The van der Waals surface area contributed by atoms with E-state index >= 15 is 0 Å². The molecule has 2 fully saturated rings. The molecule has 2 aliphatic rings. The van der Waals surface area contributed by atoms with Crippen LogP contribution in [0.1, 0.15) is 67.4 Å². The zero-order valence-corrected chi connectivity index (χ0v) is 14.5. The van der Waals surface area contributed by atoms with Gasteiger partial charge in [0.1, 0.15) is 0 Å². The van der Waals surface area contributed by atoms with Gasteiger partial charge in [-0.05, 0) is 44.2 Å². The van der Waals surface area contributed by atoms with E-state index in [1.165, 1.54) is 0 Å². The van der Waals surface area contributed by atoms with Crippen molar-refractivity contribution < 1.29 is 9.59 Å². The average Bonchev–Trinajstić information content (AvgIpc) is 3.46. The van der Waals surface area contributed by atoms with Gasteiger partial charge in [-0.15, -0.1) is 0 Å². The molecule has 1 atom stereocenters. The number of piperidine rings is 1. The minimum Gasteiger partial charge on any atom is -0.356 e. The molecule has 5 heteroatoms. The van der Waals surface area contributed by atoms with E-state index in [0.717, 1.165) is 62.9 Å². The normalized spacial score (nSPS) is 20.7. The van der Waals surface area contributed by atoms with E-state index in [1.807, 2.05) is 17.0 Å². The molecule has 2 heterocycles. The first kappa shape index (κ1) is 16.9. The predicted octanol–water partition coefficient (Wildman–Crippen LogP) is 2.73. The third-order valence-electron chi connectivity index (χ3n) is 4.94. The van der Waals surface area contributed by atoms with Crippen LogP contribution >= 0.6 is 0 Å². The molecule has 2 amide bonds. The molecule has 24 heavy (non-hydrogen) atoms. The fourth-order valence-electron chi connectivity index (χ4n) is 3.36. The number of hydrogen-bond acceptors (Lipinski definition) is 3. The first-order valence-corrected chi connectivity index (χ1v) is 9.22. The van der Waals surface area contributed by atoms with Gasteiger partial charge in [-0.1, -0.05) is 13.3 Å². The van der Waals surface area contributed by atoms with Crippen LogP contribution in [0.4, 0.5) is 0 Å². The van der Waals surface area contributed by atoms with Crippen molar-refractivity contribution >= 4 is 11.8 Å². The monoisotopic (exact) mass is 329 g/mol. The number of carbonyl (C=O) groups excluding carboxylic acids is 2. The lowest BCUT2D eigenvalue weighted by Crippen LogP contribution is -2.45. The van der Waals surface area contributed by atoms with Crippen LogP contribution in [-0.2, 0) is 4.79 Å². The molecule has 0 bridgehead atoms. The van der Waals surface area contributed by atoms with Gasteiger partial charge < -0.3 is 10.2 Å². The summed E-state index contributed by atoms with van der Waals surface area (Å²) >= 11 is 0. The molecule has 1 saturated carbocycles. The van der Waals surface area contributed by atoms with Gasteiger partial charge in [-0.2, -0.15) is 0 Å². The predicted molar refractivity (Wildman–Crippen MR) is 92.8 cm³/mol. The van der Waals surface area contributed by atoms with Gasteiger partial charge >= 0.3 is 0 Å². The van der Waals surface area contributed by atoms with E-state index in [0.29, 0.717) is 12.5 Å². The maximum absolute atomic E-state index is 12.9. The standard InChI is InChI=1S/C19H27N3O2/c1-2-3-10-21-18(23)15-6-5-12-22(13-15)19(24)16-7-4-11-20-17(16)14-8-9-14/h4,7,11,14-15H,2-3,5-6,8-10,12-13H2,1H3,(H,21,23). The summed E-state index contributed by atoms with van der Waals surface area (Å²) < 4.78 is 0. The Kier molecular flexibility index (Phi) is 5.48. The topological polar surface area (TPSA) is 62.3 Å². The highest BCUT2D eigenvalue weighted by Crippen LogP contribution is 2.40. The summed E-state index contributed by atoms with van der Waals surface area (Å²) in [7, 11) is 0. The Morgan fingerprint density at radius 3 is 2.92 bits per heavy atom. The maximum Gasteiger partial charge on any atom is 0.255 e. The molecule has 1 saturated heterocycles. The Labute approximate surface area is 143 Å². The molecular formula is C19H27N3O2. The Morgan fingerprint density at radius 2 is 2.17 bits per heavy atom. The maximum atomic E-state index is 12.9. The van der Waals surface area contributed by atoms with Crippen LogP contribution in [0.15, 0.2) is 18.3 Å². The van der Waals surface area contributed by atoms with Crippen molar-refractivity contribution in [3.63, 3.8) is 0 Å². The fraction of sp³-hybridized carbons (Fsp3) is 0.632. The second-order valence-electron chi connectivity index (χ2n) is 6.95. The van der Waals surface area contributed by atoms with Gasteiger partial charge in [0, 0.05) is 31.7 Å². The van der Waals surface area contributed by atoms with Gasteiger partial charge in [-0.25, -0.2) is 0 Å². The van der Waals surface area contributed by atoms with E-state index in [4.69, 9.17) is 0 Å². The van der Waals surface area contributed by atoms with E-state index in [1.54, 1.807) is 6.20 Å². The van der Waals surface area contributed by atoms with Gasteiger partial charge in [0.2, 0.25) is 5.91 Å².